The Hall–Kier alpha value is -1.65. The maximum Gasteiger partial charge on any atom is 0.243 e. The summed E-state index contributed by atoms with van der Waals surface area (Å²) < 4.78 is 27.7. The number of hydrogen-bond donors (Lipinski definition) is 0. The minimum absolute atomic E-state index is 0.00786. The fourth-order valence-electron chi connectivity index (χ4n) is 3.54. The Morgan fingerprint density at radius 1 is 1.04 bits per heavy atom. The lowest BCUT2D eigenvalue weighted by Crippen LogP contribution is -2.35. The normalized spacial score (nSPS) is 25.6. The smallest absolute Gasteiger partial charge is 0.207 e. The van der Waals surface area contributed by atoms with Gasteiger partial charge in [-0.15, -0.1) is 0 Å². The molecule has 0 aliphatic carbocycles. The van der Waals surface area contributed by atoms with E-state index in [1.165, 1.54) is 5.56 Å². The molecule has 2 atom stereocenters. The van der Waals surface area contributed by atoms with Crippen LogP contribution in [-0.2, 0) is 15.4 Å². The van der Waals surface area contributed by atoms with E-state index in [4.69, 9.17) is 0 Å². The van der Waals surface area contributed by atoms with Crippen molar-refractivity contribution in [2.24, 2.45) is 0 Å². The Morgan fingerprint density at radius 2 is 1.65 bits per heavy atom. The second-order valence-corrected chi connectivity index (χ2v) is 8.73. The molecule has 4 heteroatoms. The number of nitrogens with zero attached hydrogens (tertiary/aromatic N) is 1. The summed E-state index contributed by atoms with van der Waals surface area (Å²) in [5, 5.41) is 0. The van der Waals surface area contributed by atoms with Gasteiger partial charge >= 0.3 is 0 Å². The molecule has 0 amide bonds. The van der Waals surface area contributed by atoms with Gasteiger partial charge < -0.3 is 0 Å². The zero-order valence-corrected chi connectivity index (χ0v) is 14.7. The van der Waals surface area contributed by atoms with Crippen molar-refractivity contribution in [2.75, 3.05) is 6.54 Å². The van der Waals surface area contributed by atoms with Gasteiger partial charge in [0.15, 0.2) is 0 Å². The standard InChI is InChI=1S/C19H23NO2S/c1-15-9-11-18(12-10-15)23(21,22)20-14-19(3,13-16(20)2)17-7-5-4-6-8-17/h4-12,16H,13-14H2,1-3H3. The molecule has 3 nitrogen and oxygen atoms in total. The second-order valence-electron chi connectivity index (χ2n) is 6.84. The van der Waals surface area contributed by atoms with Gasteiger partial charge in [0, 0.05) is 18.0 Å². The Morgan fingerprint density at radius 3 is 2.26 bits per heavy atom. The first kappa shape index (κ1) is 16.2. The van der Waals surface area contributed by atoms with Crippen molar-refractivity contribution in [1.29, 1.82) is 0 Å². The van der Waals surface area contributed by atoms with Crippen molar-refractivity contribution in [3.8, 4) is 0 Å². The van der Waals surface area contributed by atoms with Gasteiger partial charge in [0.05, 0.1) is 4.90 Å². The molecule has 0 saturated carbocycles. The van der Waals surface area contributed by atoms with Crippen molar-refractivity contribution in [3.63, 3.8) is 0 Å². The van der Waals surface area contributed by atoms with Crippen molar-refractivity contribution in [3.05, 3.63) is 65.7 Å². The van der Waals surface area contributed by atoms with E-state index >= 15 is 0 Å². The third kappa shape index (κ3) is 2.93. The molecule has 1 heterocycles. The minimum atomic E-state index is -3.45. The van der Waals surface area contributed by atoms with Crippen molar-refractivity contribution in [2.45, 2.75) is 43.5 Å². The van der Waals surface area contributed by atoms with E-state index in [-0.39, 0.29) is 11.5 Å². The van der Waals surface area contributed by atoms with Gasteiger partial charge in [-0.1, -0.05) is 55.0 Å². The molecular formula is C19H23NO2S. The molecule has 1 aliphatic heterocycles. The molecule has 2 aromatic carbocycles. The fourth-order valence-corrected chi connectivity index (χ4v) is 5.29. The third-order valence-electron chi connectivity index (χ3n) is 4.84. The topological polar surface area (TPSA) is 37.4 Å². The van der Waals surface area contributed by atoms with Crippen LogP contribution in [0.25, 0.3) is 0 Å². The molecule has 1 aliphatic rings. The maximum atomic E-state index is 13.0. The van der Waals surface area contributed by atoms with Gasteiger partial charge in [0.1, 0.15) is 0 Å². The highest BCUT2D eigenvalue weighted by molar-refractivity contribution is 7.89. The summed E-state index contributed by atoms with van der Waals surface area (Å²) in [5.74, 6) is 0. The molecule has 0 radical (unpaired) electrons. The first-order chi connectivity index (χ1) is 10.8. The van der Waals surface area contributed by atoms with Gasteiger partial charge in [-0.3, -0.25) is 0 Å². The molecular weight excluding hydrogens is 306 g/mol. The monoisotopic (exact) mass is 329 g/mol. The van der Waals surface area contributed by atoms with E-state index in [2.05, 4.69) is 19.1 Å². The largest absolute Gasteiger partial charge is 0.243 e. The molecule has 1 fully saturated rings. The predicted octanol–water partition coefficient (Wildman–Crippen LogP) is 3.74. The summed E-state index contributed by atoms with van der Waals surface area (Å²) in [5.41, 5.74) is 2.12. The summed E-state index contributed by atoms with van der Waals surface area (Å²) in [6, 6.07) is 17.3. The van der Waals surface area contributed by atoms with Crippen LogP contribution in [0.3, 0.4) is 0 Å². The zero-order chi connectivity index (χ0) is 16.7. The van der Waals surface area contributed by atoms with Crippen LogP contribution in [-0.4, -0.2) is 25.3 Å². The molecule has 0 aromatic heterocycles. The minimum Gasteiger partial charge on any atom is -0.207 e. The van der Waals surface area contributed by atoms with E-state index in [1.807, 2.05) is 44.2 Å². The number of rotatable bonds is 3. The van der Waals surface area contributed by atoms with Crippen molar-refractivity contribution >= 4 is 10.0 Å². The summed E-state index contributed by atoms with van der Waals surface area (Å²) >= 11 is 0. The van der Waals surface area contributed by atoms with Crippen LogP contribution in [0.4, 0.5) is 0 Å². The van der Waals surface area contributed by atoms with Gasteiger partial charge in [-0.05, 0) is 38.0 Å². The lowest BCUT2D eigenvalue weighted by molar-refractivity contribution is 0.400. The first-order valence-electron chi connectivity index (χ1n) is 7.97. The van der Waals surface area contributed by atoms with E-state index in [9.17, 15) is 8.42 Å². The molecule has 0 spiro atoms. The predicted molar refractivity (Wildman–Crippen MR) is 92.9 cm³/mol. The second kappa shape index (κ2) is 5.77. The molecule has 2 aromatic rings. The van der Waals surface area contributed by atoms with Crippen LogP contribution in [0.2, 0.25) is 0 Å². The number of hydrogen-bond acceptors (Lipinski definition) is 2. The Labute approximate surface area is 139 Å². The molecule has 0 bridgehead atoms. The van der Waals surface area contributed by atoms with Crippen molar-refractivity contribution < 1.29 is 8.42 Å². The molecule has 1 saturated heterocycles. The first-order valence-corrected chi connectivity index (χ1v) is 9.41. The Bertz CT molecular complexity index is 784. The van der Waals surface area contributed by atoms with Crippen LogP contribution < -0.4 is 0 Å². The summed E-state index contributed by atoms with van der Waals surface area (Å²) in [7, 11) is -3.45. The fraction of sp³-hybridized carbons (Fsp3) is 0.368. The Balaban J connectivity index is 1.94. The van der Waals surface area contributed by atoms with Crippen molar-refractivity contribution in [1.82, 2.24) is 4.31 Å². The van der Waals surface area contributed by atoms with Crippen LogP contribution in [0.5, 0.6) is 0 Å². The average Bonchev–Trinajstić information content (AvgIpc) is 2.86. The molecule has 3 rings (SSSR count). The quantitative estimate of drug-likeness (QED) is 0.860. The highest BCUT2D eigenvalue weighted by Crippen LogP contribution is 2.40. The van der Waals surface area contributed by atoms with Gasteiger partial charge in [-0.2, -0.15) is 4.31 Å². The lowest BCUT2D eigenvalue weighted by atomic mass is 9.81. The average molecular weight is 329 g/mol. The number of aryl methyl sites for hydroxylation is 1. The van der Waals surface area contributed by atoms with Crippen LogP contribution in [0, 0.1) is 6.92 Å². The Kier molecular flexibility index (Phi) is 4.07. The van der Waals surface area contributed by atoms with Crippen LogP contribution in [0.1, 0.15) is 31.4 Å². The molecule has 0 N–H and O–H groups in total. The zero-order valence-electron chi connectivity index (χ0n) is 13.9. The van der Waals surface area contributed by atoms with Gasteiger partial charge in [-0.25, -0.2) is 8.42 Å². The molecule has 23 heavy (non-hydrogen) atoms. The van der Waals surface area contributed by atoms with Crippen LogP contribution >= 0.6 is 0 Å². The summed E-state index contributed by atoms with van der Waals surface area (Å²) in [6.45, 7) is 6.64. The third-order valence-corrected chi connectivity index (χ3v) is 6.81. The molecule has 2 unspecified atom stereocenters. The van der Waals surface area contributed by atoms with E-state index in [0.717, 1.165) is 12.0 Å². The number of sulfonamides is 1. The van der Waals surface area contributed by atoms with E-state index < -0.39 is 10.0 Å². The van der Waals surface area contributed by atoms with Crippen LogP contribution in [0.15, 0.2) is 59.5 Å². The highest BCUT2D eigenvalue weighted by atomic mass is 32.2. The number of benzene rings is 2. The molecule has 122 valence electrons. The summed E-state index contributed by atoms with van der Waals surface area (Å²) in [4.78, 5) is 0.382. The lowest BCUT2D eigenvalue weighted by Gasteiger charge is -2.25. The SMILES string of the molecule is Cc1ccc(S(=O)(=O)N2CC(C)(c3ccccc3)CC2C)cc1. The van der Waals surface area contributed by atoms with E-state index in [0.29, 0.717) is 11.4 Å². The maximum absolute atomic E-state index is 13.0. The highest BCUT2D eigenvalue weighted by Gasteiger charge is 2.45. The summed E-state index contributed by atoms with van der Waals surface area (Å²) in [6.07, 6.45) is 0.835. The van der Waals surface area contributed by atoms with E-state index in [1.54, 1.807) is 16.4 Å². The van der Waals surface area contributed by atoms with Gasteiger partial charge in [0.2, 0.25) is 10.0 Å². The van der Waals surface area contributed by atoms with Gasteiger partial charge in [0.25, 0.3) is 0 Å².